The molecule has 0 radical (unpaired) electrons. The molecule has 0 saturated heterocycles. The third-order valence-corrected chi connectivity index (χ3v) is 4.15. The number of aromatic nitrogens is 1. The number of nitrogens with one attached hydrogen (secondary N) is 1. The van der Waals surface area contributed by atoms with Crippen molar-refractivity contribution in [2.45, 2.75) is 6.42 Å². The van der Waals surface area contributed by atoms with Crippen LogP contribution in [0.4, 0.5) is 0 Å². The zero-order valence-electron chi connectivity index (χ0n) is 13.0. The van der Waals surface area contributed by atoms with Crippen LogP contribution in [0.25, 0.3) is 10.9 Å². The summed E-state index contributed by atoms with van der Waals surface area (Å²) in [5.74, 6) is -0.123. The quantitative estimate of drug-likeness (QED) is 0.754. The van der Waals surface area contributed by atoms with E-state index in [9.17, 15) is 9.59 Å². The first-order valence-electron chi connectivity index (χ1n) is 7.57. The average molecular weight is 318 g/mol. The van der Waals surface area contributed by atoms with E-state index < -0.39 is 0 Å². The van der Waals surface area contributed by atoms with Gasteiger partial charge in [-0.15, -0.1) is 0 Å². The Bertz CT molecular complexity index is 995. The Labute approximate surface area is 138 Å². The lowest BCUT2D eigenvalue weighted by Crippen LogP contribution is -2.19. The maximum absolute atomic E-state index is 11.8. The third kappa shape index (κ3) is 2.31. The number of benzene rings is 2. The van der Waals surface area contributed by atoms with Gasteiger partial charge in [0, 0.05) is 17.4 Å². The van der Waals surface area contributed by atoms with E-state index in [0.717, 1.165) is 22.0 Å². The van der Waals surface area contributed by atoms with E-state index in [0.29, 0.717) is 23.4 Å². The molecule has 5 nitrogen and oxygen atoms in total. The molecule has 1 aliphatic heterocycles. The second-order valence-corrected chi connectivity index (χ2v) is 5.69. The largest absolute Gasteiger partial charge is 0.481 e. The standard InChI is InChI=1S/C19H14N2O3/c1-24-19-13(10-12-4-2-3-5-16(12)20-19)8-11-6-7-14-15(9-11)18(23)21-17(14)22/h2-7,9-10H,8H2,1H3,(H,21,22,23). The summed E-state index contributed by atoms with van der Waals surface area (Å²) in [5.41, 5.74) is 3.57. The number of carbonyl (C=O) groups excluding carboxylic acids is 2. The van der Waals surface area contributed by atoms with Gasteiger partial charge in [0.05, 0.1) is 23.8 Å². The Kier molecular flexibility index (Phi) is 3.27. The molecule has 4 rings (SSSR count). The van der Waals surface area contributed by atoms with Gasteiger partial charge in [0.2, 0.25) is 5.88 Å². The molecule has 1 aromatic heterocycles. The van der Waals surface area contributed by atoms with Crippen molar-refractivity contribution in [3.8, 4) is 5.88 Å². The Morgan fingerprint density at radius 2 is 1.79 bits per heavy atom. The highest BCUT2D eigenvalue weighted by Crippen LogP contribution is 2.26. The van der Waals surface area contributed by atoms with Crippen LogP contribution in [0, 0.1) is 0 Å². The van der Waals surface area contributed by atoms with Gasteiger partial charge in [-0.2, -0.15) is 0 Å². The number of fused-ring (bicyclic) bond motifs is 2. The van der Waals surface area contributed by atoms with Crippen LogP contribution in [0.5, 0.6) is 5.88 Å². The Morgan fingerprint density at radius 1 is 1.00 bits per heavy atom. The number of hydrogen-bond donors (Lipinski definition) is 1. The molecule has 0 aliphatic carbocycles. The van der Waals surface area contributed by atoms with E-state index in [1.807, 2.05) is 36.4 Å². The molecule has 0 saturated carbocycles. The molecule has 0 spiro atoms. The molecule has 24 heavy (non-hydrogen) atoms. The van der Waals surface area contributed by atoms with Crippen molar-refractivity contribution < 1.29 is 14.3 Å². The van der Waals surface area contributed by atoms with E-state index in [1.54, 1.807) is 19.2 Å². The summed E-state index contributed by atoms with van der Waals surface area (Å²) in [4.78, 5) is 28.0. The molecule has 1 N–H and O–H groups in total. The molecule has 2 heterocycles. The first-order chi connectivity index (χ1) is 11.7. The normalized spacial score (nSPS) is 13.0. The molecule has 2 aromatic carbocycles. The third-order valence-electron chi connectivity index (χ3n) is 4.15. The molecule has 2 amide bonds. The van der Waals surface area contributed by atoms with Gasteiger partial charge in [0.1, 0.15) is 0 Å². The second-order valence-electron chi connectivity index (χ2n) is 5.69. The number of ether oxygens (including phenoxy) is 1. The first-order valence-corrected chi connectivity index (χ1v) is 7.57. The minimum absolute atomic E-state index is 0.341. The summed E-state index contributed by atoms with van der Waals surface area (Å²) in [6.45, 7) is 0. The fourth-order valence-corrected chi connectivity index (χ4v) is 2.99. The van der Waals surface area contributed by atoms with Crippen LogP contribution in [0.3, 0.4) is 0 Å². The number of nitrogens with zero attached hydrogens (tertiary/aromatic N) is 1. The lowest BCUT2D eigenvalue weighted by molar-refractivity contribution is 0.0879. The lowest BCUT2D eigenvalue weighted by atomic mass is 10.00. The highest BCUT2D eigenvalue weighted by molar-refractivity contribution is 6.21. The summed E-state index contributed by atoms with van der Waals surface area (Å²) in [6.07, 6.45) is 0.565. The van der Waals surface area contributed by atoms with Gasteiger partial charge >= 0.3 is 0 Å². The van der Waals surface area contributed by atoms with Crippen LogP contribution in [-0.2, 0) is 6.42 Å². The topological polar surface area (TPSA) is 68.3 Å². The maximum atomic E-state index is 11.8. The number of amides is 2. The van der Waals surface area contributed by atoms with Gasteiger partial charge in [-0.25, -0.2) is 4.98 Å². The SMILES string of the molecule is COc1nc2ccccc2cc1Cc1ccc2c(c1)C(=O)NC2=O. The maximum Gasteiger partial charge on any atom is 0.258 e. The van der Waals surface area contributed by atoms with E-state index >= 15 is 0 Å². The Morgan fingerprint density at radius 3 is 2.62 bits per heavy atom. The molecule has 0 fully saturated rings. The monoisotopic (exact) mass is 318 g/mol. The van der Waals surface area contributed by atoms with E-state index in [4.69, 9.17) is 4.74 Å². The summed E-state index contributed by atoms with van der Waals surface area (Å²) in [5, 5.41) is 3.34. The van der Waals surface area contributed by atoms with Crippen LogP contribution in [0.2, 0.25) is 0 Å². The first kappa shape index (κ1) is 14.4. The minimum atomic E-state index is -0.347. The van der Waals surface area contributed by atoms with Crippen molar-refractivity contribution in [1.29, 1.82) is 0 Å². The van der Waals surface area contributed by atoms with E-state index in [-0.39, 0.29) is 11.8 Å². The van der Waals surface area contributed by atoms with Crippen molar-refractivity contribution in [3.05, 3.63) is 70.8 Å². The zero-order chi connectivity index (χ0) is 16.7. The molecule has 118 valence electrons. The smallest absolute Gasteiger partial charge is 0.258 e. The summed E-state index contributed by atoms with van der Waals surface area (Å²) in [6, 6.07) is 15.2. The number of para-hydroxylation sites is 1. The van der Waals surface area contributed by atoms with Gasteiger partial charge in [0.15, 0.2) is 0 Å². The second kappa shape index (κ2) is 5.45. The molecule has 1 aliphatic rings. The minimum Gasteiger partial charge on any atom is -0.481 e. The van der Waals surface area contributed by atoms with Crippen LogP contribution < -0.4 is 10.1 Å². The molecule has 3 aromatic rings. The predicted octanol–water partition coefficient (Wildman–Crippen LogP) is 2.72. The average Bonchev–Trinajstić information content (AvgIpc) is 2.88. The number of carbonyl (C=O) groups is 2. The van der Waals surface area contributed by atoms with Crippen LogP contribution in [0.1, 0.15) is 31.8 Å². The lowest BCUT2D eigenvalue weighted by Gasteiger charge is -2.10. The molecule has 0 bridgehead atoms. The number of pyridine rings is 1. The van der Waals surface area contributed by atoms with Gasteiger partial charge in [0.25, 0.3) is 11.8 Å². The molecular formula is C19H14N2O3. The Balaban J connectivity index is 1.76. The molecule has 0 unspecified atom stereocenters. The fraction of sp³-hybridized carbons (Fsp3) is 0.105. The summed E-state index contributed by atoms with van der Waals surface area (Å²) >= 11 is 0. The Hall–Kier alpha value is -3.21. The predicted molar refractivity (Wildman–Crippen MR) is 89.3 cm³/mol. The van der Waals surface area contributed by atoms with Crippen molar-refractivity contribution in [1.82, 2.24) is 10.3 Å². The van der Waals surface area contributed by atoms with Crippen LogP contribution in [-0.4, -0.2) is 23.9 Å². The van der Waals surface area contributed by atoms with Gasteiger partial charge in [-0.3, -0.25) is 14.9 Å². The fourth-order valence-electron chi connectivity index (χ4n) is 2.99. The highest BCUT2D eigenvalue weighted by Gasteiger charge is 2.26. The molecule has 0 atom stereocenters. The van der Waals surface area contributed by atoms with Crippen LogP contribution >= 0.6 is 0 Å². The zero-order valence-corrected chi connectivity index (χ0v) is 13.0. The summed E-state index contributed by atoms with van der Waals surface area (Å²) < 4.78 is 5.41. The number of rotatable bonds is 3. The van der Waals surface area contributed by atoms with Gasteiger partial charge < -0.3 is 4.74 Å². The van der Waals surface area contributed by atoms with Crippen molar-refractivity contribution in [3.63, 3.8) is 0 Å². The molecular weight excluding hydrogens is 304 g/mol. The highest BCUT2D eigenvalue weighted by atomic mass is 16.5. The van der Waals surface area contributed by atoms with Gasteiger partial charge in [-0.1, -0.05) is 24.3 Å². The van der Waals surface area contributed by atoms with Crippen LogP contribution in [0.15, 0.2) is 48.5 Å². The van der Waals surface area contributed by atoms with E-state index in [1.165, 1.54) is 0 Å². The van der Waals surface area contributed by atoms with Crippen molar-refractivity contribution in [2.24, 2.45) is 0 Å². The number of methoxy groups -OCH3 is 1. The van der Waals surface area contributed by atoms with E-state index in [2.05, 4.69) is 10.3 Å². The summed E-state index contributed by atoms with van der Waals surface area (Å²) in [7, 11) is 1.59. The molecule has 5 heteroatoms. The van der Waals surface area contributed by atoms with Gasteiger partial charge in [-0.05, 0) is 29.8 Å². The van der Waals surface area contributed by atoms with Crippen molar-refractivity contribution in [2.75, 3.05) is 7.11 Å². The number of hydrogen-bond acceptors (Lipinski definition) is 4. The number of imide groups is 1. The van der Waals surface area contributed by atoms with Crippen molar-refractivity contribution >= 4 is 22.7 Å².